The number of halogens is 1. The first kappa shape index (κ1) is 18.8. The highest BCUT2D eigenvalue weighted by Gasteiger charge is 2.22. The van der Waals surface area contributed by atoms with Crippen molar-refractivity contribution < 1.29 is 9.53 Å². The molecule has 26 heavy (non-hydrogen) atoms. The Kier molecular flexibility index (Phi) is 6.57. The molecule has 1 atom stereocenters. The average Bonchev–Trinajstić information content (AvgIpc) is 3.35. The van der Waals surface area contributed by atoms with Crippen molar-refractivity contribution >= 4 is 17.5 Å². The monoisotopic (exact) mass is 377 g/mol. The minimum absolute atomic E-state index is 0.102. The number of nitrogens with one attached hydrogen (secondary N) is 1. The first-order valence-corrected chi connectivity index (χ1v) is 9.46. The Morgan fingerprint density at radius 1 is 1.38 bits per heavy atom. The number of tetrazole rings is 1. The third kappa shape index (κ3) is 5.25. The van der Waals surface area contributed by atoms with Crippen molar-refractivity contribution in [2.24, 2.45) is 5.92 Å². The number of aromatic nitrogens is 4. The third-order valence-electron chi connectivity index (χ3n) is 4.31. The van der Waals surface area contributed by atoms with E-state index in [1.807, 2.05) is 19.1 Å². The standard InChI is InChI=1S/C18H24ClN5O2/c1-2-16(18(25)20-10-3-11-26-12-13-4-5-13)24-22-17(21-23-24)14-6-8-15(19)9-7-14/h6-9,13,16H,2-5,10-12H2,1H3,(H,20,25). The normalized spacial score (nSPS) is 15.0. The second kappa shape index (κ2) is 9.09. The Hall–Kier alpha value is -1.99. The van der Waals surface area contributed by atoms with Gasteiger partial charge in [0.25, 0.3) is 0 Å². The molecule has 1 fully saturated rings. The molecule has 1 aromatic heterocycles. The number of rotatable bonds is 10. The van der Waals surface area contributed by atoms with Crippen LogP contribution in [-0.2, 0) is 9.53 Å². The number of hydrogen-bond donors (Lipinski definition) is 1. The third-order valence-corrected chi connectivity index (χ3v) is 4.57. The number of ether oxygens (including phenoxy) is 1. The molecule has 0 aliphatic heterocycles. The van der Waals surface area contributed by atoms with Gasteiger partial charge >= 0.3 is 0 Å². The molecule has 0 spiro atoms. The van der Waals surface area contributed by atoms with Crippen molar-refractivity contribution in [3.63, 3.8) is 0 Å². The fourth-order valence-electron chi connectivity index (χ4n) is 2.56. The molecule has 0 radical (unpaired) electrons. The molecule has 1 heterocycles. The summed E-state index contributed by atoms with van der Waals surface area (Å²) < 4.78 is 5.57. The van der Waals surface area contributed by atoms with Crippen molar-refractivity contribution in [2.75, 3.05) is 19.8 Å². The van der Waals surface area contributed by atoms with Gasteiger partial charge in [-0.3, -0.25) is 4.79 Å². The van der Waals surface area contributed by atoms with Crippen LogP contribution in [-0.4, -0.2) is 45.9 Å². The van der Waals surface area contributed by atoms with Crippen molar-refractivity contribution in [3.8, 4) is 11.4 Å². The van der Waals surface area contributed by atoms with Gasteiger partial charge < -0.3 is 10.1 Å². The minimum Gasteiger partial charge on any atom is -0.381 e. The Balaban J connectivity index is 1.49. The zero-order valence-electron chi connectivity index (χ0n) is 14.9. The van der Waals surface area contributed by atoms with Gasteiger partial charge in [0, 0.05) is 30.3 Å². The summed E-state index contributed by atoms with van der Waals surface area (Å²) in [6.07, 6.45) is 3.96. The largest absolute Gasteiger partial charge is 0.381 e. The molecule has 1 aromatic carbocycles. The molecule has 0 saturated heterocycles. The van der Waals surface area contributed by atoms with Crippen LogP contribution < -0.4 is 5.32 Å². The predicted octanol–water partition coefficient (Wildman–Crippen LogP) is 2.88. The SMILES string of the molecule is CCC(C(=O)NCCCOCC1CC1)n1nnc(-c2ccc(Cl)cc2)n1. The van der Waals surface area contributed by atoms with Crippen LogP contribution in [0.5, 0.6) is 0 Å². The van der Waals surface area contributed by atoms with E-state index >= 15 is 0 Å². The first-order chi connectivity index (χ1) is 12.7. The Labute approximate surface area is 158 Å². The molecular weight excluding hydrogens is 354 g/mol. The molecule has 1 saturated carbocycles. The summed E-state index contributed by atoms with van der Waals surface area (Å²) in [5.74, 6) is 1.14. The Morgan fingerprint density at radius 3 is 2.85 bits per heavy atom. The fraction of sp³-hybridized carbons (Fsp3) is 0.556. The van der Waals surface area contributed by atoms with E-state index in [2.05, 4.69) is 20.7 Å². The van der Waals surface area contributed by atoms with E-state index in [4.69, 9.17) is 16.3 Å². The van der Waals surface area contributed by atoms with Gasteiger partial charge in [0.1, 0.15) is 0 Å². The maximum absolute atomic E-state index is 12.4. The zero-order chi connectivity index (χ0) is 18.4. The van der Waals surface area contributed by atoms with Crippen molar-refractivity contribution in [1.29, 1.82) is 0 Å². The van der Waals surface area contributed by atoms with Gasteiger partial charge in [-0.15, -0.1) is 10.2 Å². The molecule has 1 aliphatic rings. The van der Waals surface area contributed by atoms with Gasteiger partial charge in [-0.1, -0.05) is 18.5 Å². The second-order valence-corrected chi connectivity index (χ2v) is 6.96. The van der Waals surface area contributed by atoms with Gasteiger partial charge in [-0.25, -0.2) is 0 Å². The Morgan fingerprint density at radius 2 is 2.15 bits per heavy atom. The van der Waals surface area contributed by atoms with E-state index in [9.17, 15) is 4.79 Å². The molecule has 3 rings (SSSR count). The lowest BCUT2D eigenvalue weighted by molar-refractivity contribution is -0.125. The highest BCUT2D eigenvalue weighted by Crippen LogP contribution is 2.28. The van der Waals surface area contributed by atoms with Gasteiger partial charge in [-0.2, -0.15) is 4.80 Å². The quantitative estimate of drug-likeness (QED) is 0.644. The Bertz CT molecular complexity index is 715. The lowest BCUT2D eigenvalue weighted by atomic mass is 10.2. The highest BCUT2D eigenvalue weighted by atomic mass is 35.5. The van der Waals surface area contributed by atoms with E-state index in [-0.39, 0.29) is 5.91 Å². The summed E-state index contributed by atoms with van der Waals surface area (Å²) in [5, 5.41) is 16.0. The maximum Gasteiger partial charge on any atom is 0.246 e. The van der Waals surface area contributed by atoms with E-state index in [0.29, 0.717) is 30.4 Å². The number of carbonyl (C=O) groups excluding carboxylic acids is 1. The molecule has 2 aromatic rings. The molecular formula is C18H24ClN5O2. The number of hydrogen-bond acceptors (Lipinski definition) is 5. The summed E-state index contributed by atoms with van der Waals surface area (Å²) in [5.41, 5.74) is 0.809. The van der Waals surface area contributed by atoms with E-state index in [1.54, 1.807) is 12.1 Å². The second-order valence-electron chi connectivity index (χ2n) is 6.53. The average molecular weight is 378 g/mol. The fourth-order valence-corrected chi connectivity index (χ4v) is 2.69. The lowest BCUT2D eigenvalue weighted by Gasteiger charge is -2.13. The van der Waals surface area contributed by atoms with Crippen LogP contribution in [0.1, 0.15) is 38.6 Å². The summed E-state index contributed by atoms with van der Waals surface area (Å²) >= 11 is 5.89. The van der Waals surface area contributed by atoms with Crippen LogP contribution in [0.15, 0.2) is 24.3 Å². The van der Waals surface area contributed by atoms with Gasteiger partial charge in [-0.05, 0) is 61.1 Å². The van der Waals surface area contributed by atoms with Crippen molar-refractivity contribution in [2.45, 2.75) is 38.6 Å². The lowest BCUT2D eigenvalue weighted by Crippen LogP contribution is -2.34. The van der Waals surface area contributed by atoms with Crippen LogP contribution in [0.2, 0.25) is 5.02 Å². The zero-order valence-corrected chi connectivity index (χ0v) is 15.7. The number of nitrogens with zero attached hydrogens (tertiary/aromatic N) is 4. The van der Waals surface area contributed by atoms with Gasteiger partial charge in [0.15, 0.2) is 6.04 Å². The van der Waals surface area contributed by atoms with Crippen LogP contribution in [0.4, 0.5) is 0 Å². The van der Waals surface area contributed by atoms with Crippen molar-refractivity contribution in [3.05, 3.63) is 29.3 Å². The van der Waals surface area contributed by atoms with Crippen LogP contribution in [0.3, 0.4) is 0 Å². The van der Waals surface area contributed by atoms with Crippen LogP contribution >= 0.6 is 11.6 Å². The topological polar surface area (TPSA) is 81.9 Å². The minimum atomic E-state index is -0.476. The number of carbonyl (C=O) groups is 1. The number of amides is 1. The van der Waals surface area contributed by atoms with Crippen molar-refractivity contribution in [1.82, 2.24) is 25.5 Å². The van der Waals surface area contributed by atoms with Gasteiger partial charge in [0.2, 0.25) is 11.7 Å². The smallest absolute Gasteiger partial charge is 0.246 e. The molecule has 1 aliphatic carbocycles. The molecule has 1 amide bonds. The van der Waals surface area contributed by atoms with Crippen LogP contribution in [0.25, 0.3) is 11.4 Å². The van der Waals surface area contributed by atoms with E-state index in [0.717, 1.165) is 24.5 Å². The van der Waals surface area contributed by atoms with Crippen LogP contribution in [0, 0.1) is 5.92 Å². The molecule has 1 N–H and O–H groups in total. The summed E-state index contributed by atoms with van der Waals surface area (Å²) in [6, 6.07) is 6.72. The molecule has 8 heteroatoms. The first-order valence-electron chi connectivity index (χ1n) is 9.08. The summed E-state index contributed by atoms with van der Waals surface area (Å²) in [6.45, 7) is 4.03. The van der Waals surface area contributed by atoms with E-state index < -0.39 is 6.04 Å². The summed E-state index contributed by atoms with van der Waals surface area (Å²) in [4.78, 5) is 13.8. The summed E-state index contributed by atoms with van der Waals surface area (Å²) in [7, 11) is 0. The molecule has 0 bridgehead atoms. The van der Waals surface area contributed by atoms with Gasteiger partial charge in [0.05, 0.1) is 0 Å². The maximum atomic E-state index is 12.4. The molecule has 7 nitrogen and oxygen atoms in total. The molecule has 140 valence electrons. The number of benzene rings is 1. The van der Waals surface area contributed by atoms with E-state index in [1.165, 1.54) is 17.6 Å². The predicted molar refractivity (Wildman–Crippen MR) is 98.8 cm³/mol. The molecule has 1 unspecified atom stereocenters. The highest BCUT2D eigenvalue weighted by molar-refractivity contribution is 6.30.